The third kappa shape index (κ3) is 0.729. The van der Waals surface area contributed by atoms with Gasteiger partial charge >= 0.3 is 0 Å². The highest BCUT2D eigenvalue weighted by atomic mass is 79.9. The molecule has 2 fully saturated rings. The van der Waals surface area contributed by atoms with Gasteiger partial charge in [-0.3, -0.25) is 4.79 Å². The van der Waals surface area contributed by atoms with Gasteiger partial charge in [-0.15, -0.1) is 0 Å². The molecule has 0 radical (unpaired) electrons. The Morgan fingerprint density at radius 2 is 2.00 bits per heavy atom. The second-order valence-corrected chi connectivity index (χ2v) is 6.18. The third-order valence-corrected chi connectivity index (χ3v) is 5.37. The van der Waals surface area contributed by atoms with Gasteiger partial charge in [-0.1, -0.05) is 36.7 Å². The lowest BCUT2D eigenvalue weighted by atomic mass is 9.70. The van der Waals surface area contributed by atoms with Crippen LogP contribution in [0.5, 0.6) is 0 Å². The highest BCUT2D eigenvalue weighted by Gasteiger charge is 2.64. The van der Waals surface area contributed by atoms with E-state index in [-0.39, 0.29) is 10.8 Å². The number of rotatable bonds is 0. The van der Waals surface area contributed by atoms with Gasteiger partial charge in [0.25, 0.3) is 0 Å². The van der Waals surface area contributed by atoms with E-state index in [1.165, 1.54) is 0 Å². The van der Waals surface area contributed by atoms with E-state index < -0.39 is 0 Å². The van der Waals surface area contributed by atoms with Crippen molar-refractivity contribution in [3.63, 3.8) is 0 Å². The molecule has 0 N–H and O–H groups in total. The number of fused-ring (bicyclic) bond motifs is 2. The molecular formula is C10H15BrO. The molecule has 0 aromatic heterocycles. The van der Waals surface area contributed by atoms with E-state index in [4.69, 9.17) is 0 Å². The molecule has 1 nitrogen and oxygen atoms in total. The van der Waals surface area contributed by atoms with Crippen LogP contribution in [0, 0.1) is 16.7 Å². The Labute approximate surface area is 82.0 Å². The lowest BCUT2D eigenvalue weighted by Gasteiger charge is -2.32. The fourth-order valence-corrected chi connectivity index (χ4v) is 4.43. The normalized spacial score (nSPS) is 50.2. The minimum Gasteiger partial charge on any atom is -0.299 e. The number of halogens is 1. The molecule has 0 aromatic rings. The van der Waals surface area contributed by atoms with Crippen LogP contribution in [0.3, 0.4) is 0 Å². The summed E-state index contributed by atoms with van der Waals surface area (Å²) in [5.41, 5.74) is 0.157. The number of hydrogen-bond acceptors (Lipinski definition) is 1. The van der Waals surface area contributed by atoms with Crippen molar-refractivity contribution in [2.75, 3.05) is 0 Å². The highest BCUT2D eigenvalue weighted by molar-refractivity contribution is 9.09. The van der Waals surface area contributed by atoms with Gasteiger partial charge in [0.15, 0.2) is 0 Å². The van der Waals surface area contributed by atoms with Gasteiger partial charge in [-0.05, 0) is 17.8 Å². The van der Waals surface area contributed by atoms with Crippen molar-refractivity contribution in [3.8, 4) is 0 Å². The Hall–Kier alpha value is 0.150. The van der Waals surface area contributed by atoms with E-state index in [1.807, 2.05) is 0 Å². The van der Waals surface area contributed by atoms with Crippen LogP contribution >= 0.6 is 15.9 Å². The van der Waals surface area contributed by atoms with Crippen LogP contribution < -0.4 is 0 Å². The molecule has 2 saturated carbocycles. The van der Waals surface area contributed by atoms with Crippen LogP contribution in [0.15, 0.2) is 0 Å². The summed E-state index contributed by atoms with van der Waals surface area (Å²) in [6, 6.07) is 0. The highest BCUT2D eigenvalue weighted by Crippen LogP contribution is 2.65. The molecule has 2 rings (SSSR count). The fraction of sp³-hybridized carbons (Fsp3) is 0.900. The minimum atomic E-state index is -0.0498. The topological polar surface area (TPSA) is 17.1 Å². The van der Waals surface area contributed by atoms with E-state index in [0.29, 0.717) is 16.5 Å². The number of ketones is 1. The Morgan fingerprint density at radius 3 is 2.25 bits per heavy atom. The number of Topliss-reactive ketones (excluding diaryl/α,β-unsaturated/α-hetero) is 1. The zero-order valence-corrected chi connectivity index (χ0v) is 9.44. The molecule has 2 heteroatoms. The number of alkyl halides is 1. The van der Waals surface area contributed by atoms with E-state index in [1.54, 1.807) is 0 Å². The SMILES string of the molecule is CC1(C)[C@H]2CC(=O)[C@@]1(C)C[C@H]2Br. The Balaban J connectivity index is 2.47. The van der Waals surface area contributed by atoms with Crippen LogP contribution in [-0.2, 0) is 4.79 Å². The van der Waals surface area contributed by atoms with Crippen molar-refractivity contribution in [1.29, 1.82) is 0 Å². The maximum Gasteiger partial charge on any atom is 0.139 e. The van der Waals surface area contributed by atoms with Gasteiger partial charge in [-0.2, -0.15) is 0 Å². The molecular weight excluding hydrogens is 216 g/mol. The predicted octanol–water partition coefficient (Wildman–Crippen LogP) is 2.78. The lowest BCUT2D eigenvalue weighted by Crippen LogP contribution is -2.32. The molecule has 3 atom stereocenters. The first-order chi connectivity index (χ1) is 5.39. The fourth-order valence-electron chi connectivity index (χ4n) is 2.94. The molecule has 0 heterocycles. The molecule has 0 unspecified atom stereocenters. The van der Waals surface area contributed by atoms with Crippen LogP contribution in [-0.4, -0.2) is 10.6 Å². The largest absolute Gasteiger partial charge is 0.299 e. The van der Waals surface area contributed by atoms with E-state index in [2.05, 4.69) is 36.7 Å². The van der Waals surface area contributed by atoms with Crippen molar-refractivity contribution < 1.29 is 4.79 Å². The summed E-state index contributed by atoms with van der Waals surface area (Å²) in [5, 5.41) is 0. The molecule has 68 valence electrons. The molecule has 2 bridgehead atoms. The van der Waals surface area contributed by atoms with Crippen molar-refractivity contribution in [2.45, 2.75) is 38.4 Å². The van der Waals surface area contributed by atoms with E-state index in [9.17, 15) is 4.79 Å². The molecule has 12 heavy (non-hydrogen) atoms. The van der Waals surface area contributed by atoms with Crippen molar-refractivity contribution in [3.05, 3.63) is 0 Å². The average molecular weight is 231 g/mol. The van der Waals surface area contributed by atoms with Crippen LogP contribution in [0.1, 0.15) is 33.6 Å². The zero-order valence-electron chi connectivity index (χ0n) is 7.86. The van der Waals surface area contributed by atoms with Gasteiger partial charge in [-0.25, -0.2) is 0 Å². The minimum absolute atomic E-state index is 0.0498. The zero-order chi connectivity index (χ0) is 9.15. The smallest absolute Gasteiger partial charge is 0.139 e. The molecule has 0 amide bonds. The molecule has 0 spiro atoms. The molecule has 2 aliphatic carbocycles. The van der Waals surface area contributed by atoms with Crippen LogP contribution in [0.2, 0.25) is 0 Å². The third-order valence-electron chi connectivity index (χ3n) is 4.41. The molecule has 0 saturated heterocycles. The first-order valence-electron chi connectivity index (χ1n) is 4.57. The molecule has 0 aliphatic heterocycles. The predicted molar refractivity (Wildman–Crippen MR) is 52.3 cm³/mol. The van der Waals surface area contributed by atoms with E-state index in [0.717, 1.165) is 12.8 Å². The first kappa shape index (κ1) is 8.74. The number of hydrogen-bond donors (Lipinski definition) is 0. The summed E-state index contributed by atoms with van der Waals surface area (Å²) in [6.45, 7) is 6.62. The maximum absolute atomic E-state index is 11.7. The summed E-state index contributed by atoms with van der Waals surface area (Å²) in [6.07, 6.45) is 1.82. The summed E-state index contributed by atoms with van der Waals surface area (Å²) in [4.78, 5) is 12.3. The van der Waals surface area contributed by atoms with Crippen LogP contribution in [0.25, 0.3) is 0 Å². The first-order valence-corrected chi connectivity index (χ1v) is 5.48. The monoisotopic (exact) mass is 230 g/mol. The van der Waals surface area contributed by atoms with Crippen LogP contribution in [0.4, 0.5) is 0 Å². The average Bonchev–Trinajstić information content (AvgIpc) is 2.18. The second kappa shape index (κ2) is 2.14. The summed E-state index contributed by atoms with van der Waals surface area (Å²) >= 11 is 3.68. The number of carbonyl (C=O) groups excluding carboxylic acids is 1. The molecule has 2 aliphatic rings. The Kier molecular flexibility index (Phi) is 1.56. The Morgan fingerprint density at radius 1 is 1.42 bits per heavy atom. The van der Waals surface area contributed by atoms with Gasteiger partial charge in [0.1, 0.15) is 5.78 Å². The standard InChI is InChI=1S/C10H15BrO/c1-9(2)6-4-8(12)10(9,3)5-7(6)11/h6-7H,4-5H2,1-3H3/t6-,7+,10+/m0/s1. The maximum atomic E-state index is 11.7. The number of carbonyl (C=O) groups is 1. The van der Waals surface area contributed by atoms with Gasteiger partial charge in [0, 0.05) is 16.7 Å². The molecule has 0 aromatic carbocycles. The van der Waals surface area contributed by atoms with E-state index >= 15 is 0 Å². The summed E-state index contributed by atoms with van der Waals surface area (Å²) in [7, 11) is 0. The van der Waals surface area contributed by atoms with Crippen molar-refractivity contribution in [1.82, 2.24) is 0 Å². The Bertz CT molecular complexity index is 246. The van der Waals surface area contributed by atoms with Crippen molar-refractivity contribution in [2.24, 2.45) is 16.7 Å². The lowest BCUT2D eigenvalue weighted by molar-refractivity contribution is -0.128. The second-order valence-electron chi connectivity index (χ2n) is 5.01. The van der Waals surface area contributed by atoms with Gasteiger partial charge in [0.2, 0.25) is 0 Å². The van der Waals surface area contributed by atoms with Gasteiger partial charge < -0.3 is 0 Å². The van der Waals surface area contributed by atoms with Crippen molar-refractivity contribution >= 4 is 21.7 Å². The quantitative estimate of drug-likeness (QED) is 0.586. The summed E-state index contributed by atoms with van der Waals surface area (Å²) in [5.74, 6) is 1.04. The summed E-state index contributed by atoms with van der Waals surface area (Å²) < 4.78 is 0. The van der Waals surface area contributed by atoms with Gasteiger partial charge in [0.05, 0.1) is 0 Å².